The smallest absolute Gasteiger partial charge is 0.267 e. The van der Waals surface area contributed by atoms with Crippen molar-refractivity contribution < 1.29 is 22.3 Å². The number of carbonyl (C=O) groups excluding carboxylic acids is 1. The van der Waals surface area contributed by atoms with Crippen molar-refractivity contribution in [2.75, 3.05) is 25.6 Å². The zero-order valence-corrected chi connectivity index (χ0v) is 17.9. The average Bonchev–Trinajstić information content (AvgIpc) is 3.11. The van der Waals surface area contributed by atoms with Crippen LogP contribution in [0, 0.1) is 12.7 Å². The van der Waals surface area contributed by atoms with Crippen LogP contribution in [0.5, 0.6) is 0 Å². The number of anilines is 1. The summed E-state index contributed by atoms with van der Waals surface area (Å²) in [5.41, 5.74) is 1.73. The van der Waals surface area contributed by atoms with Crippen molar-refractivity contribution in [3.8, 4) is 10.6 Å². The minimum Gasteiger partial charge on any atom is -0.383 e. The molecule has 0 spiro atoms. The number of sulfonamides is 1. The van der Waals surface area contributed by atoms with Crippen LogP contribution in [-0.2, 0) is 14.8 Å². The van der Waals surface area contributed by atoms with Crippen LogP contribution in [0.25, 0.3) is 10.6 Å². The molecular formula is C20H20FN3O4S2. The van der Waals surface area contributed by atoms with E-state index in [9.17, 15) is 17.6 Å². The molecule has 0 aliphatic rings. The van der Waals surface area contributed by atoms with Gasteiger partial charge < -0.3 is 10.1 Å². The number of aromatic nitrogens is 1. The summed E-state index contributed by atoms with van der Waals surface area (Å²) in [7, 11) is -2.16. The predicted octanol–water partition coefficient (Wildman–Crippen LogP) is 3.43. The molecule has 0 unspecified atom stereocenters. The fraction of sp³-hybridized carbons (Fsp3) is 0.200. The molecule has 7 nitrogen and oxygen atoms in total. The number of nitrogens with zero attached hydrogens (tertiary/aromatic N) is 1. The monoisotopic (exact) mass is 449 g/mol. The summed E-state index contributed by atoms with van der Waals surface area (Å²) in [6.45, 7) is 2.15. The Bertz CT molecular complexity index is 1130. The summed E-state index contributed by atoms with van der Waals surface area (Å²) in [6.07, 6.45) is 0. The van der Waals surface area contributed by atoms with E-state index in [4.69, 9.17) is 4.74 Å². The zero-order valence-electron chi connectivity index (χ0n) is 16.3. The molecule has 0 bridgehead atoms. The number of methoxy groups -OCH3 is 1. The summed E-state index contributed by atoms with van der Waals surface area (Å²) in [5, 5.41) is 3.35. The van der Waals surface area contributed by atoms with Gasteiger partial charge in [-0.2, -0.15) is 0 Å². The largest absolute Gasteiger partial charge is 0.383 e. The van der Waals surface area contributed by atoms with Gasteiger partial charge in [0.1, 0.15) is 15.7 Å². The fourth-order valence-corrected chi connectivity index (χ4v) is 4.57. The van der Waals surface area contributed by atoms with Crippen LogP contribution >= 0.6 is 11.3 Å². The van der Waals surface area contributed by atoms with E-state index in [1.807, 2.05) is 0 Å². The maximum atomic E-state index is 13.1. The van der Waals surface area contributed by atoms with Gasteiger partial charge in [-0.3, -0.25) is 4.79 Å². The Morgan fingerprint density at radius 1 is 1.13 bits per heavy atom. The van der Waals surface area contributed by atoms with Gasteiger partial charge in [0.05, 0.1) is 17.2 Å². The van der Waals surface area contributed by atoms with Crippen LogP contribution in [0.1, 0.15) is 15.4 Å². The van der Waals surface area contributed by atoms with Crippen LogP contribution in [0.2, 0.25) is 0 Å². The van der Waals surface area contributed by atoms with Gasteiger partial charge >= 0.3 is 0 Å². The number of benzene rings is 2. The number of halogens is 1. The summed E-state index contributed by atoms with van der Waals surface area (Å²) < 4.78 is 44.7. The van der Waals surface area contributed by atoms with Crippen molar-refractivity contribution in [3.63, 3.8) is 0 Å². The molecule has 0 saturated carbocycles. The van der Waals surface area contributed by atoms with Crippen molar-refractivity contribution in [3.05, 3.63) is 64.9 Å². The maximum Gasteiger partial charge on any atom is 0.267 e. The molecule has 2 aromatic carbocycles. The Labute approximate surface area is 178 Å². The highest BCUT2D eigenvalue weighted by atomic mass is 32.2. The number of aryl methyl sites for hydroxylation is 1. The third kappa shape index (κ3) is 5.28. The molecule has 10 heteroatoms. The van der Waals surface area contributed by atoms with Gasteiger partial charge in [0.25, 0.3) is 5.91 Å². The van der Waals surface area contributed by atoms with Crippen LogP contribution in [0.15, 0.2) is 53.4 Å². The second-order valence-electron chi connectivity index (χ2n) is 6.31. The lowest BCUT2D eigenvalue weighted by Crippen LogP contribution is -2.27. The molecule has 158 valence electrons. The number of nitrogens with one attached hydrogen (secondary N) is 2. The third-order valence-electron chi connectivity index (χ3n) is 4.11. The highest BCUT2D eigenvalue weighted by Crippen LogP contribution is 2.28. The molecular weight excluding hydrogens is 429 g/mol. The molecule has 3 rings (SSSR count). The number of hydrogen-bond acceptors (Lipinski definition) is 6. The van der Waals surface area contributed by atoms with Gasteiger partial charge in [-0.25, -0.2) is 22.5 Å². The molecule has 1 heterocycles. The molecule has 0 atom stereocenters. The van der Waals surface area contributed by atoms with E-state index >= 15 is 0 Å². The predicted molar refractivity (Wildman–Crippen MR) is 114 cm³/mol. The lowest BCUT2D eigenvalue weighted by atomic mass is 10.2. The number of thiazole rings is 1. The van der Waals surface area contributed by atoms with Crippen LogP contribution in [0.3, 0.4) is 0 Å². The molecule has 3 aromatic rings. The van der Waals surface area contributed by atoms with E-state index in [0.717, 1.165) is 5.56 Å². The van der Waals surface area contributed by atoms with Gasteiger partial charge in [-0.15, -0.1) is 11.3 Å². The van der Waals surface area contributed by atoms with Crippen LogP contribution < -0.4 is 10.0 Å². The molecule has 0 radical (unpaired) electrons. The van der Waals surface area contributed by atoms with Crippen LogP contribution in [-0.4, -0.2) is 39.6 Å². The average molecular weight is 450 g/mol. The highest BCUT2D eigenvalue weighted by molar-refractivity contribution is 7.89. The molecule has 0 aliphatic carbocycles. The molecule has 30 heavy (non-hydrogen) atoms. The number of hydrogen-bond donors (Lipinski definition) is 2. The standard InChI is InChI=1S/C20H20FN3O4S2/c1-13-18(29-20(23-13)14-3-5-15(21)6-4-14)19(25)24-16-7-9-17(10-8-16)30(26,27)22-11-12-28-2/h3-10,22H,11-12H2,1-2H3,(H,24,25). The number of carbonyl (C=O) groups is 1. The molecule has 2 N–H and O–H groups in total. The van der Waals surface area contributed by atoms with E-state index < -0.39 is 10.0 Å². The first-order valence-electron chi connectivity index (χ1n) is 8.93. The Morgan fingerprint density at radius 2 is 1.80 bits per heavy atom. The first-order valence-corrected chi connectivity index (χ1v) is 11.2. The number of ether oxygens (including phenoxy) is 1. The number of rotatable bonds is 8. The summed E-state index contributed by atoms with van der Waals surface area (Å²) in [5.74, 6) is -0.698. The van der Waals surface area contributed by atoms with Gasteiger partial charge in [-0.05, 0) is 55.5 Å². The van der Waals surface area contributed by atoms with Gasteiger partial charge in [0.15, 0.2) is 0 Å². The van der Waals surface area contributed by atoms with E-state index in [-0.39, 0.29) is 29.8 Å². The maximum absolute atomic E-state index is 13.1. The second kappa shape index (κ2) is 9.43. The summed E-state index contributed by atoms with van der Waals surface area (Å²) >= 11 is 1.20. The van der Waals surface area contributed by atoms with Gasteiger partial charge in [0, 0.05) is 24.9 Å². The van der Waals surface area contributed by atoms with Gasteiger partial charge in [0.2, 0.25) is 10.0 Å². The highest BCUT2D eigenvalue weighted by Gasteiger charge is 2.17. The van der Waals surface area contributed by atoms with Crippen molar-refractivity contribution in [2.24, 2.45) is 0 Å². The van der Waals surface area contributed by atoms with Crippen molar-refractivity contribution in [2.45, 2.75) is 11.8 Å². The summed E-state index contributed by atoms with van der Waals surface area (Å²) in [6, 6.07) is 11.7. The Kier molecular flexibility index (Phi) is 6.93. The summed E-state index contributed by atoms with van der Waals surface area (Å²) in [4.78, 5) is 17.5. The third-order valence-corrected chi connectivity index (χ3v) is 6.80. The number of amides is 1. The molecule has 1 aromatic heterocycles. The Balaban J connectivity index is 1.71. The molecule has 0 saturated heterocycles. The van der Waals surface area contributed by atoms with E-state index in [1.54, 1.807) is 19.1 Å². The topological polar surface area (TPSA) is 97.4 Å². The lowest BCUT2D eigenvalue weighted by Gasteiger charge is -2.08. The molecule has 0 aliphatic heterocycles. The Morgan fingerprint density at radius 3 is 2.43 bits per heavy atom. The Hall–Kier alpha value is -2.66. The van der Waals surface area contributed by atoms with E-state index in [0.29, 0.717) is 21.3 Å². The zero-order chi connectivity index (χ0) is 21.7. The lowest BCUT2D eigenvalue weighted by molar-refractivity contribution is 0.103. The normalized spacial score (nSPS) is 11.4. The second-order valence-corrected chi connectivity index (χ2v) is 9.08. The minimum atomic E-state index is -3.64. The quantitative estimate of drug-likeness (QED) is 0.514. The molecule has 0 fully saturated rings. The fourth-order valence-electron chi connectivity index (χ4n) is 2.59. The SMILES string of the molecule is COCCNS(=O)(=O)c1ccc(NC(=O)c2sc(-c3ccc(F)cc3)nc2C)cc1. The van der Waals surface area contributed by atoms with Crippen LogP contribution in [0.4, 0.5) is 10.1 Å². The van der Waals surface area contributed by atoms with Crippen molar-refractivity contribution in [1.29, 1.82) is 0 Å². The van der Waals surface area contributed by atoms with Crippen molar-refractivity contribution in [1.82, 2.24) is 9.71 Å². The molecule has 1 amide bonds. The minimum absolute atomic E-state index is 0.0872. The van der Waals surface area contributed by atoms with E-state index in [2.05, 4.69) is 15.0 Å². The van der Waals surface area contributed by atoms with E-state index in [1.165, 1.54) is 54.8 Å². The van der Waals surface area contributed by atoms with Gasteiger partial charge in [-0.1, -0.05) is 0 Å². The first-order chi connectivity index (χ1) is 14.3. The van der Waals surface area contributed by atoms with Crippen molar-refractivity contribution >= 4 is 33.0 Å². The first kappa shape index (κ1) is 22.0.